The highest BCUT2D eigenvalue weighted by molar-refractivity contribution is 7.10. The highest BCUT2D eigenvalue weighted by Crippen LogP contribution is 2.20. The number of hydrogen-bond acceptors (Lipinski definition) is 4. The molecule has 0 aliphatic carbocycles. The van der Waals surface area contributed by atoms with Gasteiger partial charge in [0.25, 0.3) is 5.91 Å². The lowest BCUT2D eigenvalue weighted by atomic mass is 10.1. The van der Waals surface area contributed by atoms with Gasteiger partial charge in [0.1, 0.15) is 11.9 Å². The lowest BCUT2D eigenvalue weighted by Crippen LogP contribution is -2.49. The molecule has 1 unspecified atom stereocenters. The average Bonchev–Trinajstić information content (AvgIpc) is 3.10. The fraction of sp³-hybridized carbons (Fsp3) is 0.353. The van der Waals surface area contributed by atoms with Crippen LogP contribution >= 0.6 is 11.3 Å². The monoisotopic (exact) mass is 334 g/mol. The van der Waals surface area contributed by atoms with Gasteiger partial charge in [0, 0.05) is 37.6 Å². The molecule has 0 spiro atoms. The Labute approximate surface area is 138 Å². The summed E-state index contributed by atoms with van der Waals surface area (Å²) < 4.78 is 13.7. The van der Waals surface area contributed by atoms with Crippen LogP contribution in [0.5, 0.6) is 0 Å². The second kappa shape index (κ2) is 7.21. The molecule has 1 N–H and O–H groups in total. The summed E-state index contributed by atoms with van der Waals surface area (Å²) in [4.78, 5) is 17.1. The van der Waals surface area contributed by atoms with Gasteiger partial charge in [0.05, 0.1) is 5.56 Å². The van der Waals surface area contributed by atoms with Crippen LogP contribution in [-0.2, 0) is 0 Å². The van der Waals surface area contributed by atoms with Crippen LogP contribution in [0.4, 0.5) is 4.39 Å². The number of rotatable bonds is 4. The first-order valence-corrected chi connectivity index (χ1v) is 8.51. The van der Waals surface area contributed by atoms with Crippen molar-refractivity contribution in [3.63, 3.8) is 0 Å². The topological polar surface area (TPSA) is 43.8 Å². The third-order valence-electron chi connectivity index (χ3n) is 4.07. The van der Waals surface area contributed by atoms with Crippen molar-refractivity contribution in [2.75, 3.05) is 32.7 Å². The average molecular weight is 334 g/mol. The second-order valence-corrected chi connectivity index (χ2v) is 6.58. The molecular formula is C17H19FN2O2S. The van der Waals surface area contributed by atoms with Gasteiger partial charge >= 0.3 is 0 Å². The summed E-state index contributed by atoms with van der Waals surface area (Å²) in [6.07, 6.45) is -0.496. The van der Waals surface area contributed by atoms with Crippen LogP contribution in [0.2, 0.25) is 0 Å². The summed E-state index contributed by atoms with van der Waals surface area (Å²) >= 11 is 1.54. The fourth-order valence-corrected chi connectivity index (χ4v) is 3.46. The molecule has 0 bridgehead atoms. The summed E-state index contributed by atoms with van der Waals surface area (Å²) in [5, 5.41) is 12.1. The zero-order valence-electron chi connectivity index (χ0n) is 12.7. The van der Waals surface area contributed by atoms with E-state index in [0.29, 0.717) is 32.7 Å². The second-order valence-electron chi connectivity index (χ2n) is 5.60. The quantitative estimate of drug-likeness (QED) is 0.934. The molecule has 2 aromatic rings. The Kier molecular flexibility index (Phi) is 5.05. The minimum atomic E-state index is -0.496. The van der Waals surface area contributed by atoms with E-state index in [1.54, 1.807) is 28.4 Å². The summed E-state index contributed by atoms with van der Waals surface area (Å²) in [6.45, 7) is 3.02. The number of piperazine rings is 1. The van der Waals surface area contributed by atoms with E-state index in [4.69, 9.17) is 0 Å². The Balaban J connectivity index is 1.54. The minimum absolute atomic E-state index is 0.125. The molecule has 0 saturated carbocycles. The first kappa shape index (κ1) is 16.1. The van der Waals surface area contributed by atoms with Crippen LogP contribution in [0, 0.1) is 5.82 Å². The molecule has 122 valence electrons. The smallest absolute Gasteiger partial charge is 0.256 e. The predicted octanol–water partition coefficient (Wildman–Crippen LogP) is 2.38. The lowest BCUT2D eigenvalue weighted by molar-refractivity contribution is 0.0529. The Bertz CT molecular complexity index is 654. The van der Waals surface area contributed by atoms with E-state index in [-0.39, 0.29) is 11.5 Å². The lowest BCUT2D eigenvalue weighted by Gasteiger charge is -2.35. The third kappa shape index (κ3) is 3.77. The normalized spacial score (nSPS) is 17.2. The van der Waals surface area contributed by atoms with Crippen molar-refractivity contribution in [3.8, 4) is 0 Å². The van der Waals surface area contributed by atoms with E-state index in [2.05, 4.69) is 4.90 Å². The Morgan fingerprint density at radius 1 is 1.17 bits per heavy atom. The molecular weight excluding hydrogens is 315 g/mol. The van der Waals surface area contributed by atoms with E-state index >= 15 is 0 Å². The largest absolute Gasteiger partial charge is 0.386 e. The first-order valence-electron chi connectivity index (χ1n) is 7.63. The van der Waals surface area contributed by atoms with Crippen molar-refractivity contribution in [1.82, 2.24) is 9.80 Å². The van der Waals surface area contributed by atoms with Gasteiger partial charge in [-0.05, 0) is 23.6 Å². The Hall–Kier alpha value is -1.76. The van der Waals surface area contributed by atoms with Gasteiger partial charge in [-0.15, -0.1) is 11.3 Å². The van der Waals surface area contributed by atoms with Crippen LogP contribution in [0.3, 0.4) is 0 Å². The molecule has 1 aliphatic rings. The standard InChI is InChI=1S/C17H19FN2O2S/c18-14-5-2-1-4-13(14)17(22)20-9-7-19(8-10-20)12-15(21)16-6-3-11-23-16/h1-6,11,15,21H,7-10,12H2. The molecule has 23 heavy (non-hydrogen) atoms. The number of β-amino-alcohol motifs (C(OH)–C–C–N with tert-alkyl or cyclic N) is 1. The first-order chi connectivity index (χ1) is 11.1. The summed E-state index contributed by atoms with van der Waals surface area (Å²) in [6, 6.07) is 9.92. The number of thiophene rings is 1. The van der Waals surface area contributed by atoms with E-state index < -0.39 is 11.9 Å². The summed E-state index contributed by atoms with van der Waals surface area (Å²) in [5.74, 6) is -0.741. The number of carbonyl (C=O) groups excluding carboxylic acids is 1. The van der Waals surface area contributed by atoms with Crippen LogP contribution in [-0.4, -0.2) is 53.5 Å². The SMILES string of the molecule is O=C(c1ccccc1F)N1CCN(CC(O)c2cccs2)CC1. The van der Waals surface area contributed by atoms with Crippen LogP contribution in [0.15, 0.2) is 41.8 Å². The van der Waals surface area contributed by atoms with Gasteiger partial charge in [-0.1, -0.05) is 18.2 Å². The molecule has 4 nitrogen and oxygen atoms in total. The number of aliphatic hydroxyl groups excluding tert-OH is 1. The molecule has 1 fully saturated rings. The maximum Gasteiger partial charge on any atom is 0.256 e. The van der Waals surface area contributed by atoms with Gasteiger partial charge in [-0.3, -0.25) is 9.69 Å². The number of halogens is 1. The number of aliphatic hydroxyl groups is 1. The number of benzene rings is 1. The minimum Gasteiger partial charge on any atom is -0.386 e. The van der Waals surface area contributed by atoms with Crippen molar-refractivity contribution in [2.24, 2.45) is 0 Å². The number of carbonyl (C=O) groups is 1. The molecule has 1 aromatic heterocycles. The maximum atomic E-state index is 13.7. The van der Waals surface area contributed by atoms with Crippen LogP contribution < -0.4 is 0 Å². The van der Waals surface area contributed by atoms with Gasteiger partial charge in [-0.2, -0.15) is 0 Å². The van der Waals surface area contributed by atoms with Crippen molar-refractivity contribution in [1.29, 1.82) is 0 Å². The van der Waals surface area contributed by atoms with Crippen molar-refractivity contribution >= 4 is 17.2 Å². The molecule has 6 heteroatoms. The molecule has 0 radical (unpaired) electrons. The molecule has 3 rings (SSSR count). The van der Waals surface area contributed by atoms with Crippen molar-refractivity contribution in [2.45, 2.75) is 6.10 Å². The Morgan fingerprint density at radius 3 is 2.57 bits per heavy atom. The van der Waals surface area contributed by atoms with Gasteiger partial charge in [0.2, 0.25) is 0 Å². The summed E-state index contributed by atoms with van der Waals surface area (Å²) in [5.41, 5.74) is 0.125. The van der Waals surface area contributed by atoms with Gasteiger partial charge < -0.3 is 10.0 Å². The zero-order valence-corrected chi connectivity index (χ0v) is 13.5. The van der Waals surface area contributed by atoms with E-state index in [9.17, 15) is 14.3 Å². The van der Waals surface area contributed by atoms with Crippen LogP contribution in [0.25, 0.3) is 0 Å². The predicted molar refractivity (Wildman–Crippen MR) is 88.0 cm³/mol. The molecule has 1 aliphatic heterocycles. The maximum absolute atomic E-state index is 13.7. The van der Waals surface area contributed by atoms with E-state index in [1.807, 2.05) is 17.5 Å². The third-order valence-corrected chi connectivity index (χ3v) is 5.04. The van der Waals surface area contributed by atoms with Crippen molar-refractivity contribution in [3.05, 3.63) is 58.0 Å². The summed E-state index contributed by atoms with van der Waals surface area (Å²) in [7, 11) is 0. The molecule has 1 aromatic carbocycles. The fourth-order valence-electron chi connectivity index (χ4n) is 2.75. The molecule has 2 heterocycles. The highest BCUT2D eigenvalue weighted by Gasteiger charge is 2.25. The van der Waals surface area contributed by atoms with Gasteiger partial charge in [0.15, 0.2) is 0 Å². The van der Waals surface area contributed by atoms with E-state index in [1.165, 1.54) is 12.1 Å². The molecule has 1 amide bonds. The Morgan fingerprint density at radius 2 is 1.91 bits per heavy atom. The van der Waals surface area contributed by atoms with E-state index in [0.717, 1.165) is 4.88 Å². The molecule has 1 atom stereocenters. The number of hydrogen-bond donors (Lipinski definition) is 1. The number of nitrogens with zero attached hydrogens (tertiary/aromatic N) is 2. The van der Waals surface area contributed by atoms with Crippen LogP contribution in [0.1, 0.15) is 21.3 Å². The van der Waals surface area contributed by atoms with Crippen molar-refractivity contribution < 1.29 is 14.3 Å². The molecule has 1 saturated heterocycles. The highest BCUT2D eigenvalue weighted by atomic mass is 32.1. The van der Waals surface area contributed by atoms with Gasteiger partial charge in [-0.25, -0.2) is 4.39 Å². The zero-order chi connectivity index (χ0) is 16.2. The number of amides is 1.